The molecule has 0 aromatic heterocycles. The van der Waals surface area contributed by atoms with Crippen LogP contribution in [0.1, 0.15) is 62.3 Å². The Hall–Kier alpha value is -0.805. The Morgan fingerprint density at radius 2 is 1.86 bits per heavy atom. The third-order valence-electron chi connectivity index (χ3n) is 9.67. The first kappa shape index (κ1) is 21.4. The van der Waals surface area contributed by atoms with Crippen LogP contribution in [0.3, 0.4) is 0 Å². The summed E-state index contributed by atoms with van der Waals surface area (Å²) in [5.74, 6) is 0.473. The monoisotopic (exact) mass is 414 g/mol. The van der Waals surface area contributed by atoms with Gasteiger partial charge >= 0.3 is 0 Å². The Balaban J connectivity index is 1.98. The van der Waals surface area contributed by atoms with Crippen molar-refractivity contribution in [1.82, 2.24) is 4.90 Å². The van der Waals surface area contributed by atoms with Gasteiger partial charge in [0.25, 0.3) is 6.56 Å². The zero-order valence-electron chi connectivity index (χ0n) is 19.3. The van der Waals surface area contributed by atoms with Crippen LogP contribution < -0.4 is 0 Å². The minimum atomic E-state index is -3.12. The second-order valence-corrected chi connectivity index (χ2v) is 13.0. The van der Waals surface area contributed by atoms with Crippen LogP contribution >= 0.6 is 0 Å². The number of hydrogen-bond acceptors (Lipinski definition) is 3. The van der Waals surface area contributed by atoms with Gasteiger partial charge in [-0.2, -0.15) is 0 Å². The van der Waals surface area contributed by atoms with Crippen LogP contribution in [-0.4, -0.2) is 45.3 Å². The molecule has 0 amide bonds. The zero-order chi connectivity index (χ0) is 21.4. The fourth-order valence-electron chi connectivity index (χ4n) is 7.80. The van der Waals surface area contributed by atoms with Crippen molar-refractivity contribution >= 4 is 16.2 Å². The molecule has 1 saturated carbocycles. The quantitative estimate of drug-likeness (QED) is 0.691. The largest absolute Gasteiger partial charge is 0.302 e. The number of hydrogen-bond donors (Lipinski definition) is 0. The first-order valence-electron chi connectivity index (χ1n) is 11.2. The Kier molecular flexibility index (Phi) is 4.87. The first-order chi connectivity index (χ1) is 13.4. The van der Waals surface area contributed by atoms with Crippen molar-refractivity contribution < 1.29 is 8.42 Å². The van der Waals surface area contributed by atoms with Crippen molar-refractivity contribution in [1.29, 1.82) is 0 Å². The van der Waals surface area contributed by atoms with Crippen LogP contribution in [0, 0.1) is 30.6 Å². The molecule has 2 fully saturated rings. The van der Waals surface area contributed by atoms with Crippen molar-refractivity contribution in [2.75, 3.05) is 19.3 Å². The van der Waals surface area contributed by atoms with E-state index in [4.69, 9.17) is 0 Å². The van der Waals surface area contributed by atoms with E-state index in [1.54, 1.807) is 12.4 Å². The van der Waals surface area contributed by atoms with Crippen molar-refractivity contribution in [2.24, 2.45) is 16.7 Å². The molecular weight excluding hydrogens is 377 g/mol. The summed E-state index contributed by atoms with van der Waals surface area (Å²) < 4.78 is 25.2. The van der Waals surface area contributed by atoms with Crippen LogP contribution in [0.25, 0.3) is 0 Å². The van der Waals surface area contributed by atoms with Gasteiger partial charge in [-0.25, -0.2) is 8.42 Å². The predicted octanol–water partition coefficient (Wildman–Crippen LogP) is 4.33. The number of fused-ring (bicyclic) bond motifs is 1. The summed E-state index contributed by atoms with van der Waals surface area (Å²) in [6, 6.07) is 5.18. The molecule has 1 heterocycles. The lowest BCUT2D eigenvalue weighted by molar-refractivity contribution is -0.154. The average Bonchev–Trinajstić information content (AvgIpc) is 2.64. The van der Waals surface area contributed by atoms with Gasteiger partial charge in [0.05, 0.1) is 9.69 Å². The van der Waals surface area contributed by atoms with Gasteiger partial charge in [0.2, 0.25) is 0 Å². The van der Waals surface area contributed by atoms with E-state index in [9.17, 15) is 8.42 Å². The molecule has 4 atom stereocenters. The van der Waals surface area contributed by atoms with E-state index in [2.05, 4.69) is 58.7 Å². The molecule has 3 aliphatic rings. The molecule has 1 aromatic carbocycles. The van der Waals surface area contributed by atoms with E-state index in [0.29, 0.717) is 6.04 Å². The normalized spacial score (nSPS) is 36.2. The highest BCUT2D eigenvalue weighted by Gasteiger charge is 2.69. The summed E-state index contributed by atoms with van der Waals surface area (Å²) in [4.78, 5) is 2.59. The molecule has 2 aliphatic carbocycles. The van der Waals surface area contributed by atoms with Crippen LogP contribution in [0.15, 0.2) is 12.1 Å². The fourth-order valence-corrected chi connectivity index (χ4v) is 9.14. The van der Waals surface area contributed by atoms with Crippen molar-refractivity contribution in [3.05, 3.63) is 34.4 Å². The molecule has 0 N–H and O–H groups in total. The lowest BCUT2D eigenvalue weighted by Gasteiger charge is -2.72. The summed E-state index contributed by atoms with van der Waals surface area (Å²) in [5.41, 5.74) is 5.99. The maximum atomic E-state index is 12.6. The highest BCUT2D eigenvalue weighted by atomic mass is 32.2. The van der Waals surface area contributed by atoms with Gasteiger partial charge < -0.3 is 4.90 Å². The maximum Gasteiger partial charge on any atom is 0.276 e. The van der Waals surface area contributed by atoms with E-state index in [0.717, 1.165) is 32.2 Å². The number of nitrogens with zero attached hydrogens (tertiary/aromatic N) is 1. The molecule has 1 saturated heterocycles. The Labute approximate surface area is 178 Å². The van der Waals surface area contributed by atoms with Crippen LogP contribution in [0.5, 0.6) is 0 Å². The van der Waals surface area contributed by atoms with Gasteiger partial charge in [0.15, 0.2) is 0 Å². The zero-order valence-corrected chi connectivity index (χ0v) is 20.1. The topological polar surface area (TPSA) is 37.4 Å². The second kappa shape index (κ2) is 6.59. The number of aryl methyl sites for hydroxylation is 1. The summed E-state index contributed by atoms with van der Waals surface area (Å²) in [6.45, 7) is 16.0. The molecule has 1 aliphatic heterocycles. The molecule has 29 heavy (non-hydrogen) atoms. The second-order valence-electron chi connectivity index (χ2n) is 10.8. The average molecular weight is 414 g/mol. The summed E-state index contributed by atoms with van der Waals surface area (Å²) in [7, 11) is -0.827. The Bertz CT molecular complexity index is 940. The van der Waals surface area contributed by atoms with Crippen LogP contribution in [0.4, 0.5) is 0 Å². The lowest BCUT2D eigenvalue weighted by atomic mass is 9.35. The number of rotatable bonds is 3. The molecule has 159 valence electrons. The third kappa shape index (κ3) is 2.68. The van der Waals surface area contributed by atoms with Gasteiger partial charge in [0, 0.05) is 17.2 Å². The lowest BCUT2D eigenvalue weighted by Crippen LogP contribution is -2.72. The maximum absolute atomic E-state index is 12.6. The molecule has 5 heteroatoms. The molecule has 2 bridgehead atoms. The van der Waals surface area contributed by atoms with Crippen molar-refractivity contribution in [3.63, 3.8) is 0 Å². The fraction of sp³-hybridized carbons (Fsp3) is 0.750. The summed E-state index contributed by atoms with van der Waals surface area (Å²) in [5, 5.41) is 0. The minimum absolute atomic E-state index is 0.0209. The van der Waals surface area contributed by atoms with E-state index in [1.165, 1.54) is 23.2 Å². The third-order valence-corrected chi connectivity index (χ3v) is 11.3. The van der Waals surface area contributed by atoms with Crippen LogP contribution in [-0.2, 0) is 21.5 Å². The number of likely N-dealkylation sites (tertiary alicyclic amines) is 1. The van der Waals surface area contributed by atoms with Crippen LogP contribution in [0.2, 0.25) is 6.82 Å². The highest BCUT2D eigenvalue weighted by molar-refractivity contribution is 8.15. The van der Waals surface area contributed by atoms with Gasteiger partial charge in [-0.05, 0) is 92.1 Å². The van der Waals surface area contributed by atoms with E-state index in [-0.39, 0.29) is 27.9 Å². The highest BCUT2D eigenvalue weighted by Crippen LogP contribution is 2.70. The summed E-state index contributed by atoms with van der Waals surface area (Å²) in [6.07, 6.45) is 4.35. The molecule has 1 radical (unpaired) electrons. The van der Waals surface area contributed by atoms with E-state index >= 15 is 0 Å². The molecule has 1 aromatic rings. The standard InChI is InChI=1S/C24H37BNO2S/c1-16-8-9-18-14-20-23(5)11-10-19(15-29(27,28)25-6)22(3,4)24(23,12-13-26(20)7)21(18)17(16)2/h8-9,19-20H,10-15H2,1-7H3/t19?,20-,23?,24+/m1/s1. The Morgan fingerprint density at radius 1 is 1.17 bits per heavy atom. The molecule has 3 nitrogen and oxygen atoms in total. The number of likely N-dealkylation sites (N-methyl/N-ethyl adjacent to an activating group) is 1. The first-order valence-corrected chi connectivity index (χ1v) is 12.9. The molecular formula is C24H37BNO2S. The van der Waals surface area contributed by atoms with Crippen molar-refractivity contribution in [2.45, 2.75) is 78.6 Å². The SMILES string of the molecule is C[B]S(=O)(=O)CC1CCC2(C)[C@H]3Cc4ccc(C)c(C)c4[C@@]2(CCN3C)C1(C)C. The van der Waals surface area contributed by atoms with Gasteiger partial charge in [-0.15, -0.1) is 0 Å². The van der Waals surface area contributed by atoms with Gasteiger partial charge in [-0.3, -0.25) is 0 Å². The van der Waals surface area contributed by atoms with Gasteiger partial charge in [0.1, 0.15) is 0 Å². The molecule has 4 rings (SSSR count). The number of benzene rings is 1. The Morgan fingerprint density at radius 3 is 2.52 bits per heavy atom. The van der Waals surface area contributed by atoms with Gasteiger partial charge in [-0.1, -0.05) is 39.7 Å². The minimum Gasteiger partial charge on any atom is -0.302 e. The smallest absolute Gasteiger partial charge is 0.276 e. The predicted molar refractivity (Wildman–Crippen MR) is 122 cm³/mol. The van der Waals surface area contributed by atoms with E-state index < -0.39 is 9.69 Å². The summed E-state index contributed by atoms with van der Waals surface area (Å²) >= 11 is 0. The molecule has 0 spiro atoms. The number of piperidine rings is 1. The van der Waals surface area contributed by atoms with Crippen molar-refractivity contribution in [3.8, 4) is 0 Å². The van der Waals surface area contributed by atoms with E-state index in [1.807, 2.05) is 0 Å². The molecule has 2 unspecified atom stereocenters.